The Bertz CT molecular complexity index is 393. The molecular weight excluding hydrogens is 216 g/mol. The molecule has 0 radical (unpaired) electrons. The van der Waals surface area contributed by atoms with E-state index in [4.69, 9.17) is 0 Å². The van der Waals surface area contributed by atoms with Crippen molar-refractivity contribution in [2.24, 2.45) is 0 Å². The summed E-state index contributed by atoms with van der Waals surface area (Å²) in [4.78, 5) is 15.5. The zero-order valence-corrected chi connectivity index (χ0v) is 10.1. The van der Waals surface area contributed by atoms with E-state index in [-0.39, 0.29) is 12.0 Å². The first kappa shape index (κ1) is 12.0. The summed E-state index contributed by atoms with van der Waals surface area (Å²) in [7, 11) is 1.42. The molecule has 1 aromatic rings. The predicted octanol–water partition coefficient (Wildman–Crippen LogP) is 1.61. The van der Waals surface area contributed by atoms with Gasteiger partial charge in [-0.3, -0.25) is 9.78 Å². The maximum Gasteiger partial charge on any atom is 0.306 e. The molecule has 0 aliphatic heterocycles. The lowest BCUT2D eigenvalue weighted by molar-refractivity contribution is -0.140. The Morgan fingerprint density at radius 3 is 3.35 bits per heavy atom. The number of aromatic nitrogens is 1. The highest BCUT2D eigenvalue weighted by atomic mass is 16.5. The molecular formula is C13H18N2O2. The van der Waals surface area contributed by atoms with E-state index >= 15 is 0 Å². The van der Waals surface area contributed by atoms with E-state index < -0.39 is 0 Å². The lowest BCUT2D eigenvalue weighted by Gasteiger charge is -2.25. The number of fused-ring (bicyclic) bond motifs is 1. The maximum atomic E-state index is 11.0. The minimum absolute atomic E-state index is 0.172. The smallest absolute Gasteiger partial charge is 0.306 e. The van der Waals surface area contributed by atoms with Crippen molar-refractivity contribution in [3.05, 3.63) is 29.6 Å². The number of rotatable bonds is 4. The van der Waals surface area contributed by atoms with Crippen LogP contribution in [0.5, 0.6) is 0 Å². The van der Waals surface area contributed by atoms with Gasteiger partial charge in [0.25, 0.3) is 0 Å². The van der Waals surface area contributed by atoms with Crippen LogP contribution in [0, 0.1) is 0 Å². The van der Waals surface area contributed by atoms with Gasteiger partial charge in [-0.05, 0) is 30.9 Å². The number of esters is 1. The second-order valence-corrected chi connectivity index (χ2v) is 4.27. The number of hydrogen-bond donors (Lipinski definition) is 1. The molecule has 0 saturated heterocycles. The number of pyridine rings is 1. The van der Waals surface area contributed by atoms with Gasteiger partial charge >= 0.3 is 5.97 Å². The van der Waals surface area contributed by atoms with Crippen molar-refractivity contribution in [3.8, 4) is 0 Å². The summed E-state index contributed by atoms with van der Waals surface area (Å²) in [5, 5.41) is 3.38. The largest absolute Gasteiger partial charge is 0.469 e. The number of carbonyl (C=O) groups excluding carboxylic acids is 1. The van der Waals surface area contributed by atoms with Crippen LogP contribution in [0.15, 0.2) is 18.3 Å². The first-order valence-electron chi connectivity index (χ1n) is 6.05. The molecule has 4 nitrogen and oxygen atoms in total. The summed E-state index contributed by atoms with van der Waals surface area (Å²) in [6, 6.07) is 4.40. The highest BCUT2D eigenvalue weighted by molar-refractivity contribution is 5.69. The second-order valence-electron chi connectivity index (χ2n) is 4.27. The topological polar surface area (TPSA) is 51.2 Å². The molecule has 1 aliphatic rings. The van der Waals surface area contributed by atoms with E-state index in [0.717, 1.165) is 18.5 Å². The molecule has 2 rings (SSSR count). The Morgan fingerprint density at radius 2 is 2.53 bits per heavy atom. The monoisotopic (exact) mass is 234 g/mol. The van der Waals surface area contributed by atoms with Gasteiger partial charge in [0.1, 0.15) is 0 Å². The highest BCUT2D eigenvalue weighted by Crippen LogP contribution is 2.27. The minimum Gasteiger partial charge on any atom is -0.469 e. The molecule has 1 heterocycles. The molecule has 1 N–H and O–H groups in total. The molecule has 1 atom stereocenters. The van der Waals surface area contributed by atoms with E-state index in [1.54, 1.807) is 0 Å². The SMILES string of the molecule is COC(=O)CCNC1CCCc2cccnc21. The van der Waals surface area contributed by atoms with Crippen LogP contribution >= 0.6 is 0 Å². The van der Waals surface area contributed by atoms with E-state index in [0.29, 0.717) is 13.0 Å². The van der Waals surface area contributed by atoms with Gasteiger partial charge in [0.2, 0.25) is 0 Å². The Hall–Kier alpha value is -1.42. The Morgan fingerprint density at radius 1 is 1.65 bits per heavy atom. The standard InChI is InChI=1S/C13H18N2O2/c1-17-12(16)7-9-14-11-6-2-4-10-5-3-8-15-13(10)11/h3,5,8,11,14H,2,4,6-7,9H2,1H3. The quantitative estimate of drug-likeness (QED) is 0.804. The third-order valence-electron chi connectivity index (χ3n) is 3.14. The molecule has 17 heavy (non-hydrogen) atoms. The third-order valence-corrected chi connectivity index (χ3v) is 3.14. The van der Waals surface area contributed by atoms with Crippen LogP contribution in [0.3, 0.4) is 0 Å². The second kappa shape index (κ2) is 5.77. The molecule has 0 aromatic carbocycles. The number of carbonyl (C=O) groups is 1. The van der Waals surface area contributed by atoms with Crippen molar-refractivity contribution < 1.29 is 9.53 Å². The van der Waals surface area contributed by atoms with Gasteiger partial charge in [-0.2, -0.15) is 0 Å². The van der Waals surface area contributed by atoms with Crippen LogP contribution in [0.4, 0.5) is 0 Å². The number of methoxy groups -OCH3 is 1. The van der Waals surface area contributed by atoms with Crippen LogP contribution < -0.4 is 5.32 Å². The fourth-order valence-electron chi connectivity index (χ4n) is 2.26. The molecule has 0 amide bonds. The van der Waals surface area contributed by atoms with Gasteiger partial charge in [-0.1, -0.05) is 6.07 Å². The Labute approximate surface area is 101 Å². The van der Waals surface area contributed by atoms with Crippen LogP contribution in [-0.4, -0.2) is 24.6 Å². The Kier molecular flexibility index (Phi) is 4.09. The van der Waals surface area contributed by atoms with Gasteiger partial charge < -0.3 is 10.1 Å². The predicted molar refractivity (Wildman–Crippen MR) is 64.6 cm³/mol. The van der Waals surface area contributed by atoms with E-state index in [1.807, 2.05) is 12.3 Å². The molecule has 0 spiro atoms. The van der Waals surface area contributed by atoms with Crippen LogP contribution in [0.2, 0.25) is 0 Å². The fraction of sp³-hybridized carbons (Fsp3) is 0.538. The molecule has 92 valence electrons. The number of aryl methyl sites for hydroxylation is 1. The molecule has 0 fully saturated rings. The van der Waals surface area contributed by atoms with Crippen molar-refractivity contribution in [1.29, 1.82) is 0 Å². The number of nitrogens with one attached hydrogen (secondary N) is 1. The summed E-state index contributed by atoms with van der Waals surface area (Å²) >= 11 is 0. The summed E-state index contributed by atoms with van der Waals surface area (Å²) in [5.41, 5.74) is 2.47. The molecule has 1 unspecified atom stereocenters. The zero-order valence-electron chi connectivity index (χ0n) is 10.1. The van der Waals surface area contributed by atoms with Crippen molar-refractivity contribution in [2.75, 3.05) is 13.7 Å². The van der Waals surface area contributed by atoms with Crippen molar-refractivity contribution in [1.82, 2.24) is 10.3 Å². The van der Waals surface area contributed by atoms with Crippen LogP contribution in [-0.2, 0) is 16.0 Å². The van der Waals surface area contributed by atoms with Gasteiger partial charge in [-0.25, -0.2) is 0 Å². The fourth-order valence-corrected chi connectivity index (χ4v) is 2.26. The zero-order chi connectivity index (χ0) is 12.1. The lowest BCUT2D eigenvalue weighted by Crippen LogP contribution is -2.28. The number of hydrogen-bond acceptors (Lipinski definition) is 4. The van der Waals surface area contributed by atoms with Gasteiger partial charge in [0.05, 0.1) is 19.2 Å². The van der Waals surface area contributed by atoms with Gasteiger partial charge in [-0.15, -0.1) is 0 Å². The summed E-state index contributed by atoms with van der Waals surface area (Å²) in [5.74, 6) is -0.172. The Balaban J connectivity index is 1.92. The molecule has 0 saturated carbocycles. The molecule has 0 bridgehead atoms. The highest BCUT2D eigenvalue weighted by Gasteiger charge is 2.20. The lowest BCUT2D eigenvalue weighted by atomic mass is 9.92. The van der Waals surface area contributed by atoms with Crippen molar-refractivity contribution in [2.45, 2.75) is 31.7 Å². The average molecular weight is 234 g/mol. The third kappa shape index (κ3) is 3.03. The molecule has 1 aliphatic carbocycles. The van der Waals surface area contributed by atoms with Crippen LogP contribution in [0.1, 0.15) is 36.6 Å². The van der Waals surface area contributed by atoms with E-state index in [2.05, 4.69) is 21.1 Å². The summed E-state index contributed by atoms with van der Waals surface area (Å²) in [6.07, 6.45) is 5.62. The van der Waals surface area contributed by atoms with Crippen molar-refractivity contribution in [3.63, 3.8) is 0 Å². The van der Waals surface area contributed by atoms with E-state index in [1.165, 1.54) is 19.1 Å². The molecule has 4 heteroatoms. The molecule has 1 aromatic heterocycles. The first-order chi connectivity index (χ1) is 8.31. The summed E-state index contributed by atoms with van der Waals surface area (Å²) in [6.45, 7) is 0.646. The first-order valence-corrected chi connectivity index (χ1v) is 6.05. The number of nitrogens with zero attached hydrogens (tertiary/aromatic N) is 1. The summed E-state index contributed by atoms with van der Waals surface area (Å²) < 4.78 is 4.61. The van der Waals surface area contributed by atoms with Crippen molar-refractivity contribution >= 4 is 5.97 Å². The maximum absolute atomic E-state index is 11.0. The van der Waals surface area contributed by atoms with Gasteiger partial charge in [0.15, 0.2) is 0 Å². The van der Waals surface area contributed by atoms with Crippen LogP contribution in [0.25, 0.3) is 0 Å². The normalized spacial score (nSPS) is 18.5. The number of ether oxygens (including phenoxy) is 1. The minimum atomic E-state index is -0.172. The van der Waals surface area contributed by atoms with E-state index in [9.17, 15) is 4.79 Å². The van der Waals surface area contributed by atoms with Gasteiger partial charge in [0, 0.05) is 18.8 Å². The average Bonchev–Trinajstić information content (AvgIpc) is 2.39.